The molecule has 1 aliphatic rings. The lowest BCUT2D eigenvalue weighted by Crippen LogP contribution is -2.48. The van der Waals surface area contributed by atoms with Crippen LogP contribution in [-0.2, 0) is 0 Å². The quantitative estimate of drug-likeness (QED) is 0.497. The zero-order valence-corrected chi connectivity index (χ0v) is 10.5. The van der Waals surface area contributed by atoms with E-state index in [-0.39, 0.29) is 5.54 Å². The van der Waals surface area contributed by atoms with Gasteiger partial charge in [-0.05, 0) is 46.1 Å². The summed E-state index contributed by atoms with van der Waals surface area (Å²) in [6.07, 6.45) is 12.2. The van der Waals surface area contributed by atoms with Crippen molar-refractivity contribution in [2.75, 3.05) is 0 Å². The van der Waals surface area contributed by atoms with Crippen LogP contribution >= 0.6 is 0 Å². The summed E-state index contributed by atoms with van der Waals surface area (Å²) in [4.78, 5) is 2.47. The third kappa shape index (κ3) is 2.54. The highest BCUT2D eigenvalue weighted by molar-refractivity contribution is 5.09. The van der Waals surface area contributed by atoms with Gasteiger partial charge in [0.25, 0.3) is 0 Å². The Morgan fingerprint density at radius 1 is 1.53 bits per heavy atom. The van der Waals surface area contributed by atoms with Crippen molar-refractivity contribution in [2.45, 2.75) is 58.5 Å². The van der Waals surface area contributed by atoms with Gasteiger partial charge in [0, 0.05) is 17.8 Å². The molecule has 1 aliphatic heterocycles. The second-order valence-corrected chi connectivity index (χ2v) is 4.56. The summed E-state index contributed by atoms with van der Waals surface area (Å²) < 4.78 is 0. The van der Waals surface area contributed by atoms with E-state index in [4.69, 9.17) is 0 Å². The van der Waals surface area contributed by atoms with Crippen LogP contribution in [0.3, 0.4) is 0 Å². The van der Waals surface area contributed by atoms with E-state index < -0.39 is 0 Å². The summed E-state index contributed by atoms with van der Waals surface area (Å²) in [7, 11) is 0. The molecule has 84 valence electrons. The number of rotatable bonds is 4. The van der Waals surface area contributed by atoms with E-state index in [1.807, 2.05) is 0 Å². The Bertz CT molecular complexity index is 282. The summed E-state index contributed by atoms with van der Waals surface area (Å²) in [5, 5.41) is 0. The van der Waals surface area contributed by atoms with E-state index in [9.17, 15) is 0 Å². The highest BCUT2D eigenvalue weighted by Crippen LogP contribution is 2.33. The summed E-state index contributed by atoms with van der Waals surface area (Å²) in [6, 6.07) is 0.552. The topological polar surface area (TPSA) is 3.24 Å². The average molecular weight is 205 g/mol. The molecule has 0 radical (unpaired) electrons. The normalized spacial score (nSPS) is 25.8. The number of allylic oxidation sites excluding steroid dienone is 1. The molecule has 1 atom stereocenters. The Kier molecular flexibility index (Phi) is 4.23. The molecule has 0 saturated heterocycles. The van der Waals surface area contributed by atoms with Crippen molar-refractivity contribution in [1.29, 1.82) is 0 Å². The Morgan fingerprint density at radius 3 is 2.80 bits per heavy atom. The maximum atomic E-state index is 3.23. The monoisotopic (exact) mass is 205 g/mol. The maximum Gasteiger partial charge on any atom is 0.0477 e. The van der Waals surface area contributed by atoms with Crippen LogP contribution in [0.5, 0.6) is 0 Å². The molecule has 0 spiro atoms. The van der Waals surface area contributed by atoms with Crippen LogP contribution in [0.2, 0.25) is 0 Å². The zero-order valence-electron chi connectivity index (χ0n) is 10.5. The van der Waals surface area contributed by atoms with Crippen molar-refractivity contribution in [3.05, 3.63) is 30.2 Å². The van der Waals surface area contributed by atoms with Gasteiger partial charge in [0.2, 0.25) is 0 Å². The number of nitrogens with zero attached hydrogens (tertiary/aromatic N) is 1. The molecule has 0 aromatic rings. The van der Waals surface area contributed by atoms with E-state index in [0.29, 0.717) is 6.04 Å². The van der Waals surface area contributed by atoms with Gasteiger partial charge >= 0.3 is 0 Å². The molecule has 0 aliphatic carbocycles. The zero-order chi connectivity index (χ0) is 11.3. The van der Waals surface area contributed by atoms with E-state index in [2.05, 4.69) is 62.8 Å². The molecule has 0 bridgehead atoms. The third-order valence-corrected chi connectivity index (χ3v) is 3.31. The first kappa shape index (κ1) is 12.1. The molecule has 15 heavy (non-hydrogen) atoms. The highest BCUT2D eigenvalue weighted by atomic mass is 15.2. The van der Waals surface area contributed by atoms with Gasteiger partial charge in [-0.3, -0.25) is 0 Å². The lowest BCUT2D eigenvalue weighted by Gasteiger charge is -2.45. The number of hydrogen-bond donors (Lipinski definition) is 0. The van der Waals surface area contributed by atoms with Gasteiger partial charge in [-0.2, -0.15) is 0 Å². The van der Waals surface area contributed by atoms with E-state index in [1.54, 1.807) is 0 Å². The molecule has 0 aromatic heterocycles. The largest absolute Gasteiger partial charge is 0.362 e. The average Bonchev–Trinajstić information content (AvgIpc) is 2.26. The van der Waals surface area contributed by atoms with Gasteiger partial charge in [0.05, 0.1) is 0 Å². The van der Waals surface area contributed by atoms with Crippen LogP contribution in [0, 0.1) is 0 Å². The molecular formula is C14H23N. The molecule has 0 unspecified atom stereocenters. The Balaban J connectivity index is 2.91. The van der Waals surface area contributed by atoms with Gasteiger partial charge in [-0.15, -0.1) is 5.73 Å². The van der Waals surface area contributed by atoms with Gasteiger partial charge in [-0.1, -0.05) is 19.1 Å². The lowest BCUT2D eigenvalue weighted by molar-refractivity contribution is 0.106. The van der Waals surface area contributed by atoms with Crippen molar-refractivity contribution >= 4 is 0 Å². The molecule has 0 aromatic carbocycles. The molecule has 0 fully saturated rings. The molecule has 1 heterocycles. The lowest BCUT2D eigenvalue weighted by atomic mass is 9.84. The Morgan fingerprint density at radius 2 is 2.27 bits per heavy atom. The van der Waals surface area contributed by atoms with E-state index in [1.165, 1.54) is 6.42 Å². The van der Waals surface area contributed by atoms with Crippen LogP contribution in [0.4, 0.5) is 0 Å². The second-order valence-electron chi connectivity index (χ2n) is 4.56. The Labute approximate surface area is 94.2 Å². The summed E-state index contributed by atoms with van der Waals surface area (Å²) in [6.45, 7) is 8.89. The van der Waals surface area contributed by atoms with Crippen molar-refractivity contribution in [2.24, 2.45) is 0 Å². The van der Waals surface area contributed by atoms with Gasteiger partial charge in [0.1, 0.15) is 0 Å². The molecule has 1 heteroatoms. The smallest absolute Gasteiger partial charge is 0.0477 e. The predicted octanol–water partition coefficient (Wildman–Crippen LogP) is 3.88. The summed E-state index contributed by atoms with van der Waals surface area (Å²) in [5.74, 6) is 0. The van der Waals surface area contributed by atoms with Crippen LogP contribution in [0.25, 0.3) is 0 Å². The minimum absolute atomic E-state index is 0.284. The fourth-order valence-electron chi connectivity index (χ4n) is 2.32. The van der Waals surface area contributed by atoms with E-state index in [0.717, 1.165) is 12.8 Å². The van der Waals surface area contributed by atoms with Gasteiger partial charge in [0.15, 0.2) is 0 Å². The van der Waals surface area contributed by atoms with Gasteiger partial charge < -0.3 is 4.90 Å². The molecular weight excluding hydrogens is 182 g/mol. The summed E-state index contributed by atoms with van der Waals surface area (Å²) >= 11 is 0. The van der Waals surface area contributed by atoms with Crippen molar-refractivity contribution < 1.29 is 0 Å². The SMILES string of the molecule is C/C=C\C[C@]1(CC)CC=C=CN1C(C)C. The van der Waals surface area contributed by atoms with Crippen LogP contribution < -0.4 is 0 Å². The molecule has 0 saturated carbocycles. The van der Waals surface area contributed by atoms with Crippen molar-refractivity contribution in [3.8, 4) is 0 Å². The highest BCUT2D eigenvalue weighted by Gasteiger charge is 2.33. The predicted molar refractivity (Wildman–Crippen MR) is 66.7 cm³/mol. The molecule has 0 amide bonds. The van der Waals surface area contributed by atoms with Crippen LogP contribution in [0.1, 0.15) is 47.0 Å². The van der Waals surface area contributed by atoms with E-state index >= 15 is 0 Å². The second kappa shape index (κ2) is 5.23. The molecule has 1 rings (SSSR count). The first-order valence-corrected chi connectivity index (χ1v) is 5.97. The molecule has 1 nitrogen and oxygen atoms in total. The molecule has 0 N–H and O–H groups in total. The summed E-state index contributed by atoms with van der Waals surface area (Å²) in [5.41, 5.74) is 3.52. The first-order chi connectivity index (χ1) is 7.16. The van der Waals surface area contributed by atoms with Gasteiger partial charge in [-0.25, -0.2) is 0 Å². The Hall–Kier alpha value is -0.940. The first-order valence-electron chi connectivity index (χ1n) is 5.97. The fourth-order valence-corrected chi connectivity index (χ4v) is 2.32. The minimum Gasteiger partial charge on any atom is -0.362 e. The third-order valence-electron chi connectivity index (χ3n) is 3.31. The van der Waals surface area contributed by atoms with Crippen LogP contribution in [0.15, 0.2) is 30.2 Å². The standard InChI is InChI=1S/C14H23N/c1-5-7-10-14(6-2)11-8-9-12-15(14)13(3)4/h5,7-8,12-13H,6,10-11H2,1-4H3/b7-5-/t14-/m1/s1. The van der Waals surface area contributed by atoms with Crippen molar-refractivity contribution in [1.82, 2.24) is 4.90 Å². The maximum absolute atomic E-state index is 3.23. The fraction of sp³-hybridized carbons (Fsp3) is 0.643. The minimum atomic E-state index is 0.284. The van der Waals surface area contributed by atoms with Crippen LogP contribution in [-0.4, -0.2) is 16.5 Å². The number of hydrogen-bond acceptors (Lipinski definition) is 1. The van der Waals surface area contributed by atoms with Crippen molar-refractivity contribution in [3.63, 3.8) is 0 Å².